The van der Waals surface area contributed by atoms with Crippen molar-refractivity contribution in [2.75, 3.05) is 45.2 Å². The van der Waals surface area contributed by atoms with E-state index in [1.54, 1.807) is 0 Å². The van der Waals surface area contributed by atoms with Gasteiger partial charge in [0.05, 0.1) is 0 Å². The van der Waals surface area contributed by atoms with Gasteiger partial charge in [0.25, 0.3) is 0 Å². The molecule has 7 heteroatoms. The highest BCUT2D eigenvalue weighted by molar-refractivity contribution is 5.83. The van der Waals surface area contributed by atoms with Gasteiger partial charge >= 0.3 is 11.7 Å². The van der Waals surface area contributed by atoms with Gasteiger partial charge in [0.15, 0.2) is 0 Å². The first-order valence-electron chi connectivity index (χ1n) is 8.81. The van der Waals surface area contributed by atoms with E-state index in [1.807, 2.05) is 37.2 Å². The van der Waals surface area contributed by atoms with E-state index in [-0.39, 0.29) is 6.61 Å². The first-order valence-corrected chi connectivity index (χ1v) is 8.81. The number of anilines is 1. The zero-order valence-corrected chi connectivity index (χ0v) is 15.9. The predicted octanol–water partition coefficient (Wildman–Crippen LogP) is 2.43. The van der Waals surface area contributed by atoms with Gasteiger partial charge in [-0.1, -0.05) is 0 Å². The Kier molecular flexibility index (Phi) is 7.03. The third-order valence-electron chi connectivity index (χ3n) is 4.13. The Morgan fingerprint density at radius 2 is 1.92 bits per heavy atom. The average Bonchev–Trinajstić information content (AvgIpc) is 2.60. The van der Waals surface area contributed by atoms with Gasteiger partial charge in [-0.05, 0) is 40.1 Å². The molecule has 1 aromatic heterocycles. The molecule has 0 spiro atoms. The molecule has 1 aromatic carbocycles. The molecule has 2 aromatic rings. The summed E-state index contributed by atoms with van der Waals surface area (Å²) in [5, 5.41) is 3.44. The van der Waals surface area contributed by atoms with Crippen molar-refractivity contribution in [1.82, 2.24) is 10.2 Å². The number of carbonyl (C=O) groups excluding carboxylic acids is 1. The first kappa shape index (κ1) is 19.8. The number of hydrogen-bond donors (Lipinski definition) is 1. The highest BCUT2D eigenvalue weighted by Crippen LogP contribution is 2.24. The van der Waals surface area contributed by atoms with Crippen LogP contribution in [-0.2, 0) is 11.3 Å². The molecule has 0 unspecified atom stereocenters. The Balaban J connectivity index is 2.14. The summed E-state index contributed by atoms with van der Waals surface area (Å²) in [6, 6.07) is 7.10. The summed E-state index contributed by atoms with van der Waals surface area (Å²) >= 11 is 0. The number of hydrogen-bond acceptors (Lipinski definition) is 6. The second-order valence-corrected chi connectivity index (χ2v) is 6.25. The van der Waals surface area contributed by atoms with Crippen LogP contribution in [0.4, 0.5) is 10.5 Å². The molecule has 0 bridgehead atoms. The van der Waals surface area contributed by atoms with Gasteiger partial charge in [-0.25, -0.2) is 9.59 Å². The Morgan fingerprint density at radius 3 is 2.58 bits per heavy atom. The minimum absolute atomic E-state index is 0.0144. The zero-order chi connectivity index (χ0) is 19.1. The maximum atomic E-state index is 11.9. The summed E-state index contributed by atoms with van der Waals surface area (Å²) < 4.78 is 10.6. The Morgan fingerprint density at radius 1 is 1.19 bits per heavy atom. The van der Waals surface area contributed by atoms with Gasteiger partial charge in [-0.15, -0.1) is 0 Å². The van der Waals surface area contributed by atoms with Crippen LogP contribution in [0.3, 0.4) is 0 Å². The standard InChI is InChI=1S/C19H27N3O4/c1-5-22(6-2)15-7-8-16-14(11-18(23)26-17(16)12-15)13-25-19(24)20-9-10-21(3)4/h7-8,11-12H,5-6,9-10,13H2,1-4H3,(H,20,24). The molecule has 2 rings (SSSR count). The number of rotatable bonds is 8. The van der Waals surface area contributed by atoms with Crippen molar-refractivity contribution in [2.45, 2.75) is 20.5 Å². The number of ether oxygens (including phenoxy) is 1. The third kappa shape index (κ3) is 5.23. The molecule has 7 nitrogen and oxygen atoms in total. The fraction of sp³-hybridized carbons (Fsp3) is 0.474. The van der Waals surface area contributed by atoms with E-state index >= 15 is 0 Å². The lowest BCUT2D eigenvalue weighted by Gasteiger charge is -2.21. The quantitative estimate of drug-likeness (QED) is 0.728. The fourth-order valence-electron chi connectivity index (χ4n) is 2.70. The summed E-state index contributed by atoms with van der Waals surface area (Å²) in [5.41, 5.74) is 1.66. The van der Waals surface area contributed by atoms with Gasteiger partial charge in [0.1, 0.15) is 12.2 Å². The van der Waals surface area contributed by atoms with Crippen molar-refractivity contribution in [3.05, 3.63) is 40.2 Å². The van der Waals surface area contributed by atoms with Gasteiger partial charge in [-0.3, -0.25) is 0 Å². The minimum Gasteiger partial charge on any atom is -0.445 e. The van der Waals surface area contributed by atoms with Crippen LogP contribution in [0.15, 0.2) is 33.5 Å². The second-order valence-electron chi connectivity index (χ2n) is 6.25. The van der Waals surface area contributed by atoms with Crippen LogP contribution >= 0.6 is 0 Å². The van der Waals surface area contributed by atoms with E-state index in [9.17, 15) is 9.59 Å². The Hall–Kier alpha value is -2.54. The molecule has 1 heterocycles. The lowest BCUT2D eigenvalue weighted by Crippen LogP contribution is -2.31. The minimum atomic E-state index is -0.506. The zero-order valence-electron chi connectivity index (χ0n) is 15.9. The fourth-order valence-corrected chi connectivity index (χ4v) is 2.70. The van der Waals surface area contributed by atoms with Crippen LogP contribution < -0.4 is 15.8 Å². The van der Waals surface area contributed by atoms with Crippen molar-refractivity contribution in [1.29, 1.82) is 0 Å². The summed E-state index contributed by atoms with van der Waals surface area (Å²) in [6.45, 7) is 7.11. The molecular formula is C19H27N3O4. The molecule has 0 fully saturated rings. The number of fused-ring (bicyclic) bond motifs is 1. The molecule has 1 N–H and O–H groups in total. The lowest BCUT2D eigenvalue weighted by molar-refractivity contribution is 0.139. The van der Waals surface area contributed by atoms with Crippen LogP contribution in [0.25, 0.3) is 11.0 Å². The summed E-state index contributed by atoms with van der Waals surface area (Å²) in [7, 11) is 3.85. The number of carbonyl (C=O) groups is 1. The number of alkyl carbamates (subject to hydrolysis) is 1. The molecule has 1 amide bonds. The average molecular weight is 361 g/mol. The van der Waals surface area contributed by atoms with Crippen molar-refractivity contribution in [2.24, 2.45) is 0 Å². The third-order valence-corrected chi connectivity index (χ3v) is 4.13. The maximum Gasteiger partial charge on any atom is 0.407 e. The highest BCUT2D eigenvalue weighted by atomic mass is 16.5. The van der Waals surface area contributed by atoms with Crippen molar-refractivity contribution < 1.29 is 13.9 Å². The van der Waals surface area contributed by atoms with Crippen molar-refractivity contribution >= 4 is 22.7 Å². The molecule has 0 atom stereocenters. The van der Waals surface area contributed by atoms with Gasteiger partial charge in [0, 0.05) is 54.9 Å². The van der Waals surface area contributed by atoms with E-state index in [4.69, 9.17) is 9.15 Å². The predicted molar refractivity (Wildman–Crippen MR) is 103 cm³/mol. The van der Waals surface area contributed by atoms with Gasteiger partial charge in [-0.2, -0.15) is 0 Å². The van der Waals surface area contributed by atoms with Crippen LogP contribution in [0.5, 0.6) is 0 Å². The lowest BCUT2D eigenvalue weighted by atomic mass is 10.1. The molecule has 0 aliphatic carbocycles. The summed E-state index contributed by atoms with van der Waals surface area (Å²) in [6.07, 6.45) is -0.506. The molecule has 0 radical (unpaired) electrons. The normalized spacial score (nSPS) is 11.0. The molecule has 0 saturated carbocycles. The first-order chi connectivity index (χ1) is 12.4. The number of benzene rings is 1. The molecule has 142 valence electrons. The van der Waals surface area contributed by atoms with Gasteiger partial charge in [0.2, 0.25) is 0 Å². The van der Waals surface area contributed by atoms with Crippen LogP contribution in [-0.4, -0.2) is 51.3 Å². The van der Waals surface area contributed by atoms with Crippen LogP contribution in [0, 0.1) is 0 Å². The van der Waals surface area contributed by atoms with E-state index in [0.717, 1.165) is 30.7 Å². The van der Waals surface area contributed by atoms with E-state index in [0.29, 0.717) is 17.7 Å². The molecule has 0 aliphatic rings. The highest BCUT2D eigenvalue weighted by Gasteiger charge is 2.11. The molecule has 26 heavy (non-hydrogen) atoms. The van der Waals surface area contributed by atoms with E-state index in [2.05, 4.69) is 24.1 Å². The largest absolute Gasteiger partial charge is 0.445 e. The number of nitrogens with zero attached hydrogens (tertiary/aromatic N) is 2. The molecule has 0 aliphatic heterocycles. The number of likely N-dealkylation sites (N-methyl/N-ethyl adjacent to an activating group) is 1. The van der Waals surface area contributed by atoms with E-state index < -0.39 is 11.7 Å². The van der Waals surface area contributed by atoms with Crippen LogP contribution in [0.2, 0.25) is 0 Å². The monoisotopic (exact) mass is 361 g/mol. The van der Waals surface area contributed by atoms with Crippen LogP contribution in [0.1, 0.15) is 19.4 Å². The second kappa shape index (κ2) is 9.24. The van der Waals surface area contributed by atoms with Crippen molar-refractivity contribution in [3.8, 4) is 0 Å². The summed E-state index contributed by atoms with van der Waals surface area (Å²) in [5.74, 6) is 0. The van der Waals surface area contributed by atoms with E-state index in [1.165, 1.54) is 6.07 Å². The Bertz CT molecular complexity index is 797. The summed E-state index contributed by atoms with van der Waals surface area (Å²) in [4.78, 5) is 27.8. The number of amides is 1. The van der Waals surface area contributed by atoms with Gasteiger partial charge < -0.3 is 24.3 Å². The molecular weight excluding hydrogens is 334 g/mol. The molecule has 0 saturated heterocycles. The smallest absolute Gasteiger partial charge is 0.407 e. The SMILES string of the molecule is CCN(CC)c1ccc2c(COC(=O)NCCN(C)C)cc(=O)oc2c1. The van der Waals surface area contributed by atoms with Crippen molar-refractivity contribution in [3.63, 3.8) is 0 Å². The topological polar surface area (TPSA) is 75.0 Å². The maximum absolute atomic E-state index is 11.9. The number of nitrogens with one attached hydrogen (secondary N) is 1. The Labute approximate surface area is 153 Å².